The van der Waals surface area contributed by atoms with Gasteiger partial charge in [0.2, 0.25) is 0 Å². The number of alkyl halides is 3. The van der Waals surface area contributed by atoms with Crippen LogP contribution >= 0.6 is 0 Å². The zero-order valence-corrected chi connectivity index (χ0v) is 12.1. The molecule has 0 fully saturated rings. The summed E-state index contributed by atoms with van der Waals surface area (Å²) in [5, 5.41) is 3.56. The van der Waals surface area contributed by atoms with E-state index in [4.69, 9.17) is 4.74 Å². The summed E-state index contributed by atoms with van der Waals surface area (Å²) in [6, 6.07) is 11.5. The molecule has 0 aliphatic rings. The Kier molecular flexibility index (Phi) is 4.11. The number of hydrogen-bond acceptors (Lipinski definition) is 4. The Morgan fingerprint density at radius 1 is 1.12 bits per heavy atom. The monoisotopic (exact) mass is 336 g/mol. The highest BCUT2D eigenvalue weighted by Gasteiger charge is 2.30. The van der Waals surface area contributed by atoms with Crippen molar-refractivity contribution in [3.05, 3.63) is 70.2 Å². The second-order valence-electron chi connectivity index (χ2n) is 4.95. The van der Waals surface area contributed by atoms with E-state index in [1.54, 1.807) is 24.3 Å². The minimum atomic E-state index is -4.41. The van der Waals surface area contributed by atoms with Crippen molar-refractivity contribution in [1.29, 1.82) is 0 Å². The van der Waals surface area contributed by atoms with Gasteiger partial charge in [0.15, 0.2) is 5.82 Å². The molecule has 5 nitrogen and oxygen atoms in total. The van der Waals surface area contributed by atoms with Gasteiger partial charge in [-0.2, -0.15) is 13.2 Å². The second-order valence-corrected chi connectivity index (χ2v) is 4.95. The number of aromatic amines is 1. The van der Waals surface area contributed by atoms with Gasteiger partial charge in [0.05, 0.1) is 5.56 Å². The summed E-state index contributed by atoms with van der Waals surface area (Å²) >= 11 is 0. The smallest absolute Gasteiger partial charge is 0.439 e. The molecule has 0 saturated carbocycles. The number of hydrogen-bond donors (Lipinski definition) is 1. The average Bonchev–Trinajstić information content (AvgIpc) is 2.99. The molecule has 3 aromatic rings. The van der Waals surface area contributed by atoms with Crippen LogP contribution in [0.1, 0.15) is 11.1 Å². The van der Waals surface area contributed by atoms with Crippen LogP contribution in [0.2, 0.25) is 0 Å². The average molecular weight is 336 g/mol. The number of benzene rings is 2. The molecule has 0 amide bonds. The first-order valence-electron chi connectivity index (χ1n) is 6.87. The van der Waals surface area contributed by atoms with E-state index in [-0.39, 0.29) is 12.4 Å². The van der Waals surface area contributed by atoms with Crippen LogP contribution in [0.3, 0.4) is 0 Å². The molecule has 8 heteroatoms. The molecule has 0 saturated heterocycles. The van der Waals surface area contributed by atoms with E-state index in [1.807, 2.05) is 0 Å². The summed E-state index contributed by atoms with van der Waals surface area (Å²) in [4.78, 5) is 13.3. The molecule has 2 aromatic carbocycles. The molecular weight excluding hydrogens is 325 g/mol. The molecule has 3 rings (SSSR count). The number of halogens is 3. The summed E-state index contributed by atoms with van der Waals surface area (Å²) in [5.74, 6) is -0.220. The van der Waals surface area contributed by atoms with E-state index < -0.39 is 17.5 Å². The fraction of sp³-hybridized carbons (Fsp3) is 0.125. The molecule has 124 valence electrons. The lowest BCUT2D eigenvalue weighted by Crippen LogP contribution is -2.05. The summed E-state index contributed by atoms with van der Waals surface area (Å²) < 4.78 is 47.7. The standard InChI is InChI=1S/C16H11F3N2O3/c17-16(18,19)12-2-1-3-13(8-12)23-9-10-4-6-11(7-5-10)14-20-15(22)24-21-14/h1-8H,9H2,(H,20,21,22). The van der Waals surface area contributed by atoms with Gasteiger partial charge in [0.1, 0.15) is 12.4 Å². The maximum Gasteiger partial charge on any atom is 0.439 e. The highest BCUT2D eigenvalue weighted by Crippen LogP contribution is 2.31. The van der Waals surface area contributed by atoms with Crippen LogP contribution in [0, 0.1) is 0 Å². The van der Waals surface area contributed by atoms with E-state index in [2.05, 4.69) is 14.7 Å². The lowest BCUT2D eigenvalue weighted by molar-refractivity contribution is -0.137. The number of rotatable bonds is 4. The minimum Gasteiger partial charge on any atom is -0.489 e. The van der Waals surface area contributed by atoms with E-state index in [0.717, 1.165) is 17.7 Å². The third-order valence-electron chi connectivity index (χ3n) is 3.23. The second kappa shape index (κ2) is 6.23. The Hall–Kier alpha value is -3.03. The SMILES string of the molecule is O=c1[nH]c(-c2ccc(COc3cccc(C(F)(F)F)c3)cc2)no1. The maximum absolute atomic E-state index is 12.6. The van der Waals surface area contributed by atoms with Crippen LogP contribution in [-0.4, -0.2) is 10.1 Å². The predicted molar refractivity (Wildman–Crippen MR) is 78.3 cm³/mol. The van der Waals surface area contributed by atoms with Crippen LogP contribution < -0.4 is 10.5 Å². The van der Waals surface area contributed by atoms with Crippen molar-refractivity contribution in [2.45, 2.75) is 12.8 Å². The number of nitrogens with one attached hydrogen (secondary N) is 1. The summed E-state index contributed by atoms with van der Waals surface area (Å²) in [6.07, 6.45) is -4.41. The number of nitrogens with zero attached hydrogens (tertiary/aromatic N) is 1. The van der Waals surface area contributed by atoms with Gasteiger partial charge in [-0.3, -0.25) is 9.51 Å². The Morgan fingerprint density at radius 3 is 2.50 bits per heavy atom. The minimum absolute atomic E-state index is 0.108. The number of ether oxygens (including phenoxy) is 1. The maximum atomic E-state index is 12.6. The normalized spacial score (nSPS) is 11.5. The van der Waals surface area contributed by atoms with Gasteiger partial charge in [-0.05, 0) is 23.8 Å². The van der Waals surface area contributed by atoms with E-state index >= 15 is 0 Å². The van der Waals surface area contributed by atoms with Crippen molar-refractivity contribution in [2.75, 3.05) is 0 Å². The molecule has 1 heterocycles. The molecule has 1 aromatic heterocycles. The van der Waals surface area contributed by atoms with Gasteiger partial charge in [-0.1, -0.05) is 35.5 Å². The molecule has 0 aliphatic heterocycles. The van der Waals surface area contributed by atoms with E-state index in [1.165, 1.54) is 12.1 Å². The van der Waals surface area contributed by atoms with Crippen LogP contribution in [-0.2, 0) is 12.8 Å². The molecule has 0 bridgehead atoms. The van der Waals surface area contributed by atoms with Crippen molar-refractivity contribution >= 4 is 0 Å². The predicted octanol–water partition coefficient (Wildman–Crippen LogP) is 3.63. The molecule has 0 aliphatic carbocycles. The quantitative estimate of drug-likeness (QED) is 0.790. The van der Waals surface area contributed by atoms with Crippen LogP contribution in [0.4, 0.5) is 13.2 Å². The lowest BCUT2D eigenvalue weighted by Gasteiger charge is -2.10. The van der Waals surface area contributed by atoms with Gasteiger partial charge in [-0.25, -0.2) is 4.79 Å². The Morgan fingerprint density at radius 2 is 1.88 bits per heavy atom. The first-order valence-corrected chi connectivity index (χ1v) is 6.87. The van der Waals surface area contributed by atoms with Gasteiger partial charge in [0, 0.05) is 5.56 Å². The molecule has 0 spiro atoms. The van der Waals surface area contributed by atoms with Crippen molar-refractivity contribution in [3.8, 4) is 17.1 Å². The highest BCUT2D eigenvalue weighted by atomic mass is 19.4. The topological polar surface area (TPSA) is 68.1 Å². The lowest BCUT2D eigenvalue weighted by atomic mass is 10.1. The highest BCUT2D eigenvalue weighted by molar-refractivity contribution is 5.54. The molecule has 24 heavy (non-hydrogen) atoms. The van der Waals surface area contributed by atoms with Gasteiger partial charge >= 0.3 is 11.9 Å². The summed E-state index contributed by atoms with van der Waals surface area (Å²) in [6.45, 7) is 0.108. The number of H-pyrrole nitrogens is 1. The third-order valence-corrected chi connectivity index (χ3v) is 3.23. The van der Waals surface area contributed by atoms with Gasteiger partial charge < -0.3 is 4.74 Å². The molecule has 0 unspecified atom stereocenters. The summed E-state index contributed by atoms with van der Waals surface area (Å²) in [7, 11) is 0. The van der Waals surface area contributed by atoms with Crippen LogP contribution in [0.15, 0.2) is 57.8 Å². The molecule has 0 radical (unpaired) electrons. The largest absolute Gasteiger partial charge is 0.489 e. The van der Waals surface area contributed by atoms with Crippen molar-refractivity contribution in [3.63, 3.8) is 0 Å². The fourth-order valence-electron chi connectivity index (χ4n) is 2.04. The number of aromatic nitrogens is 2. The van der Waals surface area contributed by atoms with Crippen molar-refractivity contribution in [1.82, 2.24) is 10.1 Å². The Balaban J connectivity index is 1.68. The molecule has 1 N–H and O–H groups in total. The first-order chi connectivity index (χ1) is 11.4. The third kappa shape index (κ3) is 3.65. The van der Waals surface area contributed by atoms with Crippen LogP contribution in [0.5, 0.6) is 5.75 Å². The van der Waals surface area contributed by atoms with Crippen molar-refractivity contribution < 1.29 is 22.4 Å². The van der Waals surface area contributed by atoms with Gasteiger partial charge in [-0.15, -0.1) is 0 Å². The van der Waals surface area contributed by atoms with Crippen LogP contribution in [0.25, 0.3) is 11.4 Å². The van der Waals surface area contributed by atoms with Gasteiger partial charge in [0.25, 0.3) is 0 Å². The Labute approximate surface area is 133 Å². The summed E-state index contributed by atoms with van der Waals surface area (Å²) in [5.41, 5.74) is 0.635. The van der Waals surface area contributed by atoms with E-state index in [0.29, 0.717) is 11.4 Å². The first kappa shape index (κ1) is 15.9. The molecular formula is C16H11F3N2O3. The Bertz CT molecular complexity index is 882. The van der Waals surface area contributed by atoms with Crippen molar-refractivity contribution in [2.24, 2.45) is 0 Å². The zero-order valence-electron chi connectivity index (χ0n) is 12.1. The van der Waals surface area contributed by atoms with E-state index in [9.17, 15) is 18.0 Å². The fourth-order valence-corrected chi connectivity index (χ4v) is 2.04. The zero-order chi connectivity index (χ0) is 17.2. The molecule has 0 atom stereocenters.